The zero-order valence-electron chi connectivity index (χ0n) is 8.28. The Bertz CT molecular complexity index is 441. The van der Waals surface area contributed by atoms with Gasteiger partial charge < -0.3 is 10.2 Å². The number of hydrogen-bond acceptors (Lipinski definition) is 2. The minimum absolute atomic E-state index is 0.142. The lowest BCUT2D eigenvalue weighted by atomic mass is 9.67. The van der Waals surface area contributed by atoms with Crippen molar-refractivity contribution in [2.45, 2.75) is 18.4 Å². The highest BCUT2D eigenvalue weighted by Gasteiger charge is 2.47. The Morgan fingerprint density at radius 3 is 2.62 bits per heavy atom. The summed E-state index contributed by atoms with van der Waals surface area (Å²) in [6.45, 7) is 0. The minimum atomic E-state index is -1.19. The van der Waals surface area contributed by atoms with Crippen LogP contribution in [0.25, 0.3) is 0 Å². The van der Waals surface area contributed by atoms with Crippen LogP contribution in [-0.2, 0) is 10.4 Å². The Morgan fingerprint density at radius 2 is 2.12 bits per heavy atom. The number of benzene rings is 1. The second-order valence-corrected chi connectivity index (χ2v) is 4.96. The van der Waals surface area contributed by atoms with E-state index in [4.69, 9.17) is 5.11 Å². The van der Waals surface area contributed by atoms with Crippen LogP contribution in [0.1, 0.15) is 18.4 Å². The van der Waals surface area contributed by atoms with Crippen LogP contribution in [0.2, 0.25) is 0 Å². The topological polar surface area (TPSA) is 57.5 Å². The first-order valence-electron chi connectivity index (χ1n) is 4.83. The molecule has 1 aromatic carbocycles. The van der Waals surface area contributed by atoms with Gasteiger partial charge in [-0.3, -0.25) is 4.79 Å². The highest BCUT2D eigenvalue weighted by molar-refractivity contribution is 9.10. The van der Waals surface area contributed by atoms with Gasteiger partial charge in [0.25, 0.3) is 0 Å². The minimum Gasteiger partial charge on any atom is -0.481 e. The van der Waals surface area contributed by atoms with Crippen molar-refractivity contribution in [2.75, 3.05) is 0 Å². The predicted molar refractivity (Wildman–Crippen MR) is 58.4 cm³/mol. The smallest absolute Gasteiger partial charge is 0.306 e. The molecular weight excluding hydrogens is 279 g/mol. The summed E-state index contributed by atoms with van der Waals surface area (Å²) in [7, 11) is 0. The van der Waals surface area contributed by atoms with Gasteiger partial charge in [0.1, 0.15) is 5.82 Å². The summed E-state index contributed by atoms with van der Waals surface area (Å²) in [6.07, 6.45) is 0.285. The van der Waals surface area contributed by atoms with Gasteiger partial charge in [0.15, 0.2) is 0 Å². The molecule has 1 fully saturated rings. The van der Waals surface area contributed by atoms with Gasteiger partial charge in [-0.15, -0.1) is 0 Å². The van der Waals surface area contributed by atoms with E-state index in [1.165, 1.54) is 12.1 Å². The number of carbonyl (C=O) groups is 1. The molecule has 1 aliphatic rings. The fraction of sp³-hybridized carbons (Fsp3) is 0.364. The van der Waals surface area contributed by atoms with Crippen molar-refractivity contribution in [1.82, 2.24) is 0 Å². The van der Waals surface area contributed by atoms with Gasteiger partial charge >= 0.3 is 5.97 Å². The Kier molecular flexibility index (Phi) is 2.75. The number of rotatable bonds is 2. The van der Waals surface area contributed by atoms with Gasteiger partial charge in [0.05, 0.1) is 16.0 Å². The standard InChI is InChI=1S/C11H10BrFO3/c12-8-2-1-7(3-9(8)13)11(16)4-6(5-11)10(14)15/h1-3,6,16H,4-5H2,(H,14,15). The number of aliphatic carboxylic acids is 1. The third-order valence-corrected chi connectivity index (χ3v) is 3.62. The molecule has 0 spiro atoms. The first-order chi connectivity index (χ1) is 7.42. The Hall–Kier alpha value is -0.940. The van der Waals surface area contributed by atoms with E-state index in [0.29, 0.717) is 10.0 Å². The largest absolute Gasteiger partial charge is 0.481 e. The fourth-order valence-electron chi connectivity index (χ4n) is 1.95. The average molecular weight is 289 g/mol. The van der Waals surface area contributed by atoms with Crippen LogP contribution in [0.4, 0.5) is 4.39 Å². The van der Waals surface area contributed by atoms with Crippen molar-refractivity contribution in [2.24, 2.45) is 5.92 Å². The molecule has 86 valence electrons. The second kappa shape index (κ2) is 3.82. The number of carboxylic acid groups (broad SMARTS) is 1. The van der Waals surface area contributed by atoms with Crippen LogP contribution in [0.5, 0.6) is 0 Å². The first-order valence-corrected chi connectivity index (χ1v) is 5.62. The van der Waals surface area contributed by atoms with Crippen LogP contribution in [0.3, 0.4) is 0 Å². The molecule has 0 atom stereocenters. The molecule has 5 heteroatoms. The summed E-state index contributed by atoms with van der Waals surface area (Å²) < 4.78 is 13.6. The molecule has 0 heterocycles. The lowest BCUT2D eigenvalue weighted by molar-refractivity contribution is -0.159. The van der Waals surface area contributed by atoms with Crippen LogP contribution < -0.4 is 0 Å². The number of halogens is 2. The molecular formula is C11H10BrFO3. The fourth-order valence-corrected chi connectivity index (χ4v) is 2.20. The van der Waals surface area contributed by atoms with Crippen molar-refractivity contribution in [3.05, 3.63) is 34.1 Å². The number of hydrogen-bond donors (Lipinski definition) is 2. The summed E-state index contributed by atoms with van der Waals surface area (Å²) in [5, 5.41) is 18.8. The van der Waals surface area contributed by atoms with Gasteiger partial charge in [-0.25, -0.2) is 4.39 Å². The zero-order valence-corrected chi connectivity index (χ0v) is 9.87. The molecule has 1 saturated carbocycles. The Labute approximate surface area is 100 Å². The molecule has 16 heavy (non-hydrogen) atoms. The first kappa shape index (κ1) is 11.5. The molecule has 0 unspecified atom stereocenters. The van der Waals surface area contributed by atoms with E-state index in [9.17, 15) is 14.3 Å². The van der Waals surface area contributed by atoms with Gasteiger partial charge in [0, 0.05) is 0 Å². The summed E-state index contributed by atoms with van der Waals surface area (Å²) in [6, 6.07) is 4.35. The molecule has 3 nitrogen and oxygen atoms in total. The molecule has 0 aliphatic heterocycles. The zero-order chi connectivity index (χ0) is 11.9. The van der Waals surface area contributed by atoms with Gasteiger partial charge in [0.2, 0.25) is 0 Å². The number of carboxylic acids is 1. The molecule has 2 rings (SSSR count). The molecule has 2 N–H and O–H groups in total. The van der Waals surface area contributed by atoms with Crippen LogP contribution >= 0.6 is 15.9 Å². The SMILES string of the molecule is O=C(O)C1CC(O)(c2ccc(Br)c(F)c2)C1. The molecule has 0 aromatic heterocycles. The Morgan fingerprint density at radius 1 is 1.50 bits per heavy atom. The van der Waals surface area contributed by atoms with E-state index in [1.54, 1.807) is 6.07 Å². The van der Waals surface area contributed by atoms with Crippen LogP contribution in [0, 0.1) is 11.7 Å². The van der Waals surface area contributed by atoms with Crippen molar-refractivity contribution in [3.63, 3.8) is 0 Å². The summed E-state index contributed by atoms with van der Waals surface area (Å²) in [5.74, 6) is -1.90. The highest BCUT2D eigenvalue weighted by Crippen LogP contribution is 2.46. The lowest BCUT2D eigenvalue weighted by Crippen LogP contribution is -2.44. The summed E-state index contributed by atoms with van der Waals surface area (Å²) in [4.78, 5) is 10.6. The third-order valence-electron chi connectivity index (χ3n) is 2.97. The molecule has 0 amide bonds. The molecule has 0 bridgehead atoms. The Balaban J connectivity index is 2.20. The maximum atomic E-state index is 13.3. The van der Waals surface area contributed by atoms with Gasteiger partial charge in [-0.2, -0.15) is 0 Å². The van der Waals surface area contributed by atoms with Crippen molar-refractivity contribution in [1.29, 1.82) is 0 Å². The van der Waals surface area contributed by atoms with E-state index >= 15 is 0 Å². The molecule has 1 aliphatic carbocycles. The molecule has 0 radical (unpaired) electrons. The van der Waals surface area contributed by atoms with E-state index in [-0.39, 0.29) is 12.8 Å². The quantitative estimate of drug-likeness (QED) is 0.878. The lowest BCUT2D eigenvalue weighted by Gasteiger charge is -2.41. The third kappa shape index (κ3) is 1.85. The van der Waals surface area contributed by atoms with Gasteiger partial charge in [-0.05, 0) is 46.5 Å². The maximum Gasteiger partial charge on any atom is 0.306 e. The van der Waals surface area contributed by atoms with Crippen molar-refractivity contribution < 1.29 is 19.4 Å². The van der Waals surface area contributed by atoms with E-state index in [1.807, 2.05) is 0 Å². The summed E-state index contributed by atoms with van der Waals surface area (Å²) >= 11 is 3.02. The van der Waals surface area contributed by atoms with E-state index in [0.717, 1.165) is 0 Å². The van der Waals surface area contributed by atoms with E-state index < -0.39 is 23.3 Å². The highest BCUT2D eigenvalue weighted by atomic mass is 79.9. The molecule has 1 aromatic rings. The monoisotopic (exact) mass is 288 g/mol. The van der Waals surface area contributed by atoms with Crippen LogP contribution in [-0.4, -0.2) is 16.2 Å². The van der Waals surface area contributed by atoms with E-state index in [2.05, 4.69) is 15.9 Å². The van der Waals surface area contributed by atoms with Crippen LogP contribution in [0.15, 0.2) is 22.7 Å². The predicted octanol–water partition coefficient (Wildman–Crippen LogP) is 2.27. The summed E-state index contributed by atoms with van der Waals surface area (Å²) in [5.41, 5.74) is -0.754. The maximum absolute atomic E-state index is 13.3. The van der Waals surface area contributed by atoms with Gasteiger partial charge in [-0.1, -0.05) is 6.07 Å². The van der Waals surface area contributed by atoms with Crippen molar-refractivity contribution in [3.8, 4) is 0 Å². The van der Waals surface area contributed by atoms with Crippen molar-refractivity contribution >= 4 is 21.9 Å². The average Bonchev–Trinajstić information content (AvgIpc) is 2.17. The normalized spacial score (nSPS) is 28.6. The number of aliphatic hydroxyl groups is 1. The second-order valence-electron chi connectivity index (χ2n) is 4.10. The molecule has 0 saturated heterocycles.